The minimum absolute atomic E-state index is 0.0941. The smallest absolute Gasteiger partial charge is 0.317 e. The van der Waals surface area contributed by atoms with Crippen molar-refractivity contribution in [1.29, 1.82) is 0 Å². The average molecular weight is 333 g/mol. The van der Waals surface area contributed by atoms with Gasteiger partial charge in [-0.2, -0.15) is 0 Å². The van der Waals surface area contributed by atoms with Gasteiger partial charge in [0, 0.05) is 32.2 Å². The Hall–Kier alpha value is -0.860. The second-order valence-corrected chi connectivity index (χ2v) is 8.41. The predicted octanol–water partition coefficient (Wildman–Crippen LogP) is 0.619. The summed E-state index contributed by atoms with van der Waals surface area (Å²) >= 11 is 0. The van der Waals surface area contributed by atoms with Crippen molar-refractivity contribution in [3.05, 3.63) is 0 Å². The van der Waals surface area contributed by atoms with Crippen LogP contribution in [0.2, 0.25) is 0 Å². The van der Waals surface area contributed by atoms with Gasteiger partial charge in [0.15, 0.2) is 0 Å². The first kappa shape index (κ1) is 17.5. The van der Waals surface area contributed by atoms with Gasteiger partial charge in [-0.25, -0.2) is 17.5 Å². The lowest BCUT2D eigenvalue weighted by Crippen LogP contribution is -2.53. The highest BCUT2D eigenvalue weighted by atomic mass is 32.2. The van der Waals surface area contributed by atoms with Gasteiger partial charge in [-0.05, 0) is 33.1 Å². The number of carbonyl (C=O) groups is 1. The molecule has 0 bridgehead atoms. The van der Waals surface area contributed by atoms with Gasteiger partial charge >= 0.3 is 6.03 Å². The predicted molar refractivity (Wildman–Crippen MR) is 84.2 cm³/mol. The Morgan fingerprint density at radius 1 is 1.18 bits per heavy atom. The van der Waals surface area contributed by atoms with E-state index in [0.717, 1.165) is 12.8 Å². The first-order valence-corrected chi connectivity index (χ1v) is 9.76. The van der Waals surface area contributed by atoms with E-state index in [2.05, 4.69) is 5.32 Å². The van der Waals surface area contributed by atoms with Crippen LogP contribution in [0.3, 0.4) is 0 Å². The van der Waals surface area contributed by atoms with Crippen LogP contribution >= 0.6 is 0 Å². The first-order valence-electron chi connectivity index (χ1n) is 7.91. The summed E-state index contributed by atoms with van der Waals surface area (Å²) in [5.74, 6) is 0. The SMILES string of the molecule is CC(C)OC1CC(NC(=O)N2CCCN(S(C)(=O)=O)CC2)C1. The topological polar surface area (TPSA) is 79.0 Å². The molecule has 2 fully saturated rings. The number of nitrogens with zero attached hydrogens (tertiary/aromatic N) is 2. The van der Waals surface area contributed by atoms with Gasteiger partial charge in [0.1, 0.15) is 0 Å². The lowest BCUT2D eigenvalue weighted by molar-refractivity contribution is -0.0481. The zero-order valence-corrected chi connectivity index (χ0v) is 14.4. The fourth-order valence-electron chi connectivity index (χ4n) is 2.87. The molecule has 1 saturated heterocycles. The number of carbonyl (C=O) groups excluding carboxylic acids is 1. The molecule has 0 atom stereocenters. The molecule has 2 aliphatic rings. The summed E-state index contributed by atoms with van der Waals surface area (Å²) in [6, 6.07) is 0.0776. The van der Waals surface area contributed by atoms with Crippen molar-refractivity contribution < 1.29 is 17.9 Å². The van der Waals surface area contributed by atoms with Crippen LogP contribution in [0.15, 0.2) is 0 Å². The Kier molecular flexibility index (Phi) is 5.68. The molecule has 8 heteroatoms. The number of hydrogen-bond donors (Lipinski definition) is 1. The first-order chi connectivity index (χ1) is 10.3. The molecule has 0 aromatic rings. The maximum atomic E-state index is 12.2. The van der Waals surface area contributed by atoms with Crippen molar-refractivity contribution in [3.8, 4) is 0 Å². The second-order valence-electron chi connectivity index (χ2n) is 6.43. The van der Waals surface area contributed by atoms with Crippen LogP contribution in [0.5, 0.6) is 0 Å². The number of urea groups is 1. The maximum absolute atomic E-state index is 12.2. The molecule has 1 saturated carbocycles. The van der Waals surface area contributed by atoms with E-state index < -0.39 is 10.0 Å². The standard InChI is InChI=1S/C14H27N3O4S/c1-11(2)21-13-9-12(10-13)15-14(18)16-5-4-6-17(8-7-16)22(3,19)20/h11-13H,4-10H2,1-3H3,(H,15,18). The number of ether oxygens (including phenoxy) is 1. The van der Waals surface area contributed by atoms with E-state index in [0.29, 0.717) is 32.6 Å². The van der Waals surface area contributed by atoms with Gasteiger partial charge in [0.2, 0.25) is 10.0 Å². The highest BCUT2D eigenvalue weighted by Gasteiger charge is 2.33. The Balaban J connectivity index is 1.75. The van der Waals surface area contributed by atoms with Crippen molar-refractivity contribution in [2.75, 3.05) is 32.4 Å². The molecular weight excluding hydrogens is 306 g/mol. The summed E-state index contributed by atoms with van der Waals surface area (Å²) in [6.07, 6.45) is 4.06. The van der Waals surface area contributed by atoms with E-state index in [-0.39, 0.29) is 24.3 Å². The third-order valence-corrected chi connectivity index (χ3v) is 5.40. The van der Waals surface area contributed by atoms with Gasteiger partial charge in [0.05, 0.1) is 18.5 Å². The van der Waals surface area contributed by atoms with Gasteiger partial charge in [-0.15, -0.1) is 0 Å². The van der Waals surface area contributed by atoms with Gasteiger partial charge in [0.25, 0.3) is 0 Å². The third kappa shape index (κ3) is 4.82. The summed E-state index contributed by atoms with van der Waals surface area (Å²) < 4.78 is 30.2. The molecule has 1 heterocycles. The summed E-state index contributed by atoms with van der Waals surface area (Å²) in [4.78, 5) is 14.0. The van der Waals surface area contributed by atoms with Crippen molar-refractivity contribution >= 4 is 16.1 Å². The Morgan fingerprint density at radius 3 is 2.45 bits per heavy atom. The zero-order chi connectivity index (χ0) is 16.3. The highest BCUT2D eigenvalue weighted by molar-refractivity contribution is 7.88. The minimum atomic E-state index is -3.18. The third-order valence-electron chi connectivity index (χ3n) is 4.10. The van der Waals surface area contributed by atoms with Crippen LogP contribution in [0, 0.1) is 0 Å². The molecule has 1 aliphatic heterocycles. The maximum Gasteiger partial charge on any atom is 0.317 e. The summed E-state index contributed by atoms with van der Waals surface area (Å²) in [6.45, 7) is 5.91. The molecule has 128 valence electrons. The van der Waals surface area contributed by atoms with Crippen LogP contribution in [0.1, 0.15) is 33.1 Å². The molecule has 0 aromatic carbocycles. The lowest BCUT2D eigenvalue weighted by atomic mass is 9.89. The Bertz CT molecular complexity index is 488. The molecule has 22 heavy (non-hydrogen) atoms. The number of nitrogens with one attached hydrogen (secondary N) is 1. The highest BCUT2D eigenvalue weighted by Crippen LogP contribution is 2.24. The second kappa shape index (κ2) is 7.14. The molecule has 2 amide bonds. The minimum Gasteiger partial charge on any atom is -0.375 e. The van der Waals surface area contributed by atoms with E-state index >= 15 is 0 Å². The fourth-order valence-corrected chi connectivity index (χ4v) is 3.75. The van der Waals surface area contributed by atoms with E-state index in [9.17, 15) is 13.2 Å². The van der Waals surface area contributed by atoms with Crippen molar-refractivity contribution in [1.82, 2.24) is 14.5 Å². The summed E-state index contributed by atoms with van der Waals surface area (Å²) in [5, 5.41) is 3.01. The van der Waals surface area contributed by atoms with Crippen molar-refractivity contribution in [2.45, 2.75) is 51.4 Å². The summed E-state index contributed by atoms with van der Waals surface area (Å²) in [5.41, 5.74) is 0. The van der Waals surface area contributed by atoms with Gasteiger partial charge in [-0.1, -0.05) is 0 Å². The number of amides is 2. The lowest BCUT2D eigenvalue weighted by Gasteiger charge is -2.37. The molecular formula is C14H27N3O4S. The van der Waals surface area contributed by atoms with Crippen LogP contribution < -0.4 is 5.32 Å². The number of rotatable bonds is 4. The van der Waals surface area contributed by atoms with Crippen molar-refractivity contribution in [3.63, 3.8) is 0 Å². The number of sulfonamides is 1. The molecule has 7 nitrogen and oxygen atoms in total. The summed E-state index contributed by atoms with van der Waals surface area (Å²) in [7, 11) is -3.18. The van der Waals surface area contributed by atoms with Gasteiger partial charge in [-0.3, -0.25) is 0 Å². The van der Waals surface area contributed by atoms with E-state index in [1.54, 1.807) is 4.90 Å². The van der Waals surface area contributed by atoms with Crippen LogP contribution in [-0.4, -0.2) is 74.3 Å². The van der Waals surface area contributed by atoms with E-state index in [1.165, 1.54) is 10.6 Å². The molecule has 0 radical (unpaired) electrons. The van der Waals surface area contributed by atoms with Crippen LogP contribution in [0.4, 0.5) is 4.79 Å². The zero-order valence-electron chi connectivity index (χ0n) is 13.6. The largest absolute Gasteiger partial charge is 0.375 e. The molecule has 2 rings (SSSR count). The van der Waals surface area contributed by atoms with Crippen LogP contribution in [0.25, 0.3) is 0 Å². The van der Waals surface area contributed by atoms with Crippen LogP contribution in [-0.2, 0) is 14.8 Å². The Labute approximate surface area is 133 Å². The van der Waals surface area contributed by atoms with E-state index in [1.807, 2.05) is 13.8 Å². The van der Waals surface area contributed by atoms with E-state index in [4.69, 9.17) is 4.74 Å². The fraction of sp³-hybridized carbons (Fsp3) is 0.929. The molecule has 1 N–H and O–H groups in total. The molecule has 1 aliphatic carbocycles. The molecule has 0 unspecified atom stereocenters. The molecule has 0 spiro atoms. The molecule has 0 aromatic heterocycles. The normalized spacial score (nSPS) is 27.4. The Morgan fingerprint density at radius 2 is 1.86 bits per heavy atom. The quantitative estimate of drug-likeness (QED) is 0.818. The monoisotopic (exact) mass is 333 g/mol. The number of hydrogen-bond acceptors (Lipinski definition) is 4. The van der Waals surface area contributed by atoms with Gasteiger partial charge < -0.3 is 15.0 Å². The van der Waals surface area contributed by atoms with Crippen molar-refractivity contribution in [2.24, 2.45) is 0 Å². The average Bonchev–Trinajstić information content (AvgIpc) is 2.60.